The Bertz CT molecular complexity index is 1250. The lowest BCUT2D eigenvalue weighted by atomic mass is 9.85. The summed E-state index contributed by atoms with van der Waals surface area (Å²) in [7, 11) is 1.51. The van der Waals surface area contributed by atoms with Crippen LogP contribution in [0, 0.1) is 23.7 Å². The number of methoxy groups -OCH3 is 1. The lowest BCUT2D eigenvalue weighted by molar-refractivity contribution is -0.157. The van der Waals surface area contributed by atoms with Crippen molar-refractivity contribution in [3.63, 3.8) is 0 Å². The molecule has 3 amide bonds. The van der Waals surface area contributed by atoms with Crippen molar-refractivity contribution in [3.8, 4) is 5.75 Å². The third-order valence-electron chi connectivity index (χ3n) is 7.15. The summed E-state index contributed by atoms with van der Waals surface area (Å²) in [4.78, 5) is 54.4. The molecule has 2 bridgehead atoms. The van der Waals surface area contributed by atoms with Crippen LogP contribution >= 0.6 is 23.2 Å². The molecule has 3 aliphatic rings. The number of benzene rings is 2. The van der Waals surface area contributed by atoms with Gasteiger partial charge in [-0.3, -0.25) is 19.2 Å². The first-order valence-corrected chi connectivity index (χ1v) is 12.0. The number of ether oxygens (including phenoxy) is 1. The quantitative estimate of drug-likeness (QED) is 0.324. The van der Waals surface area contributed by atoms with Crippen molar-refractivity contribution in [3.05, 3.63) is 75.8 Å². The van der Waals surface area contributed by atoms with Crippen molar-refractivity contribution in [2.24, 2.45) is 23.7 Å². The van der Waals surface area contributed by atoms with E-state index < -0.39 is 41.4 Å². The predicted octanol–water partition coefficient (Wildman–Crippen LogP) is 4.44. The Morgan fingerprint density at radius 2 is 1.60 bits per heavy atom. The molecule has 1 heterocycles. The van der Waals surface area contributed by atoms with Gasteiger partial charge >= 0.3 is 0 Å². The molecule has 0 radical (unpaired) electrons. The zero-order valence-electron chi connectivity index (χ0n) is 19.0. The van der Waals surface area contributed by atoms with Gasteiger partial charge in [-0.15, -0.1) is 0 Å². The molecule has 1 aliphatic heterocycles. The largest absolute Gasteiger partial charge is 0.497 e. The molecular weight excluding hydrogens is 491 g/mol. The molecule has 0 unspecified atom stereocenters. The molecule has 2 aliphatic carbocycles. The predicted molar refractivity (Wildman–Crippen MR) is 129 cm³/mol. The van der Waals surface area contributed by atoms with Crippen LogP contribution in [0.3, 0.4) is 0 Å². The number of hydrazine groups is 1. The number of Topliss-reactive ketones (excluding diaryl/α,β-unsaturated/α-hetero) is 1. The third-order valence-corrected chi connectivity index (χ3v) is 7.70. The molecule has 2 fully saturated rings. The van der Waals surface area contributed by atoms with E-state index in [0.717, 1.165) is 16.4 Å². The molecule has 180 valence electrons. The Morgan fingerprint density at radius 3 is 2.14 bits per heavy atom. The molecule has 0 N–H and O–H groups in total. The second kappa shape index (κ2) is 8.81. The average molecular weight is 513 g/mol. The van der Waals surface area contributed by atoms with Crippen molar-refractivity contribution in [2.75, 3.05) is 7.11 Å². The number of carbonyl (C=O) groups is 4. The number of imide groups is 1. The average Bonchev–Trinajstić information content (AvgIpc) is 3.53. The maximum Gasteiger partial charge on any atom is 0.275 e. The van der Waals surface area contributed by atoms with E-state index in [0.29, 0.717) is 16.3 Å². The zero-order valence-corrected chi connectivity index (χ0v) is 20.5. The minimum Gasteiger partial charge on any atom is -0.497 e. The van der Waals surface area contributed by atoms with Crippen molar-refractivity contribution in [1.29, 1.82) is 0 Å². The summed E-state index contributed by atoms with van der Waals surface area (Å²) in [6.45, 7) is 1.50. The summed E-state index contributed by atoms with van der Waals surface area (Å²) in [5.74, 6) is -2.70. The number of ketones is 1. The number of hydrogen-bond acceptors (Lipinski definition) is 5. The summed E-state index contributed by atoms with van der Waals surface area (Å²) >= 11 is 12.3. The van der Waals surface area contributed by atoms with E-state index in [1.165, 1.54) is 32.2 Å². The fourth-order valence-corrected chi connectivity index (χ4v) is 5.92. The van der Waals surface area contributed by atoms with Crippen LogP contribution in [0.5, 0.6) is 5.75 Å². The van der Waals surface area contributed by atoms with Crippen LogP contribution < -0.4 is 4.74 Å². The van der Waals surface area contributed by atoms with Gasteiger partial charge in [0.1, 0.15) is 11.8 Å². The van der Waals surface area contributed by atoms with E-state index in [9.17, 15) is 19.2 Å². The van der Waals surface area contributed by atoms with Gasteiger partial charge < -0.3 is 4.74 Å². The van der Waals surface area contributed by atoms with Gasteiger partial charge in [0.2, 0.25) is 0 Å². The highest BCUT2D eigenvalue weighted by Gasteiger charge is 2.61. The van der Waals surface area contributed by atoms with E-state index in [1.54, 1.807) is 24.3 Å². The number of hydrogen-bond donors (Lipinski definition) is 0. The Balaban J connectivity index is 1.55. The van der Waals surface area contributed by atoms with E-state index in [-0.39, 0.29) is 22.4 Å². The van der Waals surface area contributed by atoms with E-state index in [4.69, 9.17) is 27.9 Å². The molecule has 35 heavy (non-hydrogen) atoms. The second-order valence-electron chi connectivity index (χ2n) is 9.03. The second-order valence-corrected chi connectivity index (χ2v) is 9.87. The van der Waals surface area contributed by atoms with Crippen LogP contribution in [0.25, 0.3) is 0 Å². The first kappa shape index (κ1) is 23.6. The van der Waals surface area contributed by atoms with Gasteiger partial charge in [0.05, 0.1) is 29.5 Å². The first-order chi connectivity index (χ1) is 16.7. The number of nitrogens with zero attached hydrogens (tertiary/aromatic N) is 2. The molecule has 5 atom stereocenters. The van der Waals surface area contributed by atoms with Crippen molar-refractivity contribution >= 4 is 46.7 Å². The molecule has 0 aromatic heterocycles. The Labute approximate surface area is 212 Å². The summed E-state index contributed by atoms with van der Waals surface area (Å²) in [6.07, 6.45) is 4.68. The van der Waals surface area contributed by atoms with Crippen LogP contribution in [-0.4, -0.2) is 46.7 Å². The SMILES string of the molecule is COc1ccc(C(=O)[C@@H](C)N(C(=O)c2ccc(Cl)cc2Cl)N2C(=O)[C@@H]3[C@@H](C2=O)[C@H]2C=C[C@H]3C2)cc1. The summed E-state index contributed by atoms with van der Waals surface area (Å²) in [5, 5.41) is 2.22. The molecule has 1 saturated carbocycles. The topological polar surface area (TPSA) is 84.0 Å². The normalized spacial score (nSPS) is 25.1. The van der Waals surface area contributed by atoms with Gasteiger partial charge in [-0.05, 0) is 67.6 Å². The minimum absolute atomic E-state index is 0.0317. The molecule has 5 rings (SSSR count). The summed E-state index contributed by atoms with van der Waals surface area (Å²) in [5.41, 5.74) is 0.337. The van der Waals surface area contributed by atoms with E-state index in [1.807, 2.05) is 12.2 Å². The van der Waals surface area contributed by atoms with Crippen molar-refractivity contribution < 1.29 is 23.9 Å². The number of amides is 3. The van der Waals surface area contributed by atoms with Gasteiger partial charge in [0, 0.05) is 10.6 Å². The number of halogens is 2. The Hall–Kier alpha value is -3.16. The minimum atomic E-state index is -1.17. The van der Waals surface area contributed by atoms with E-state index >= 15 is 0 Å². The van der Waals surface area contributed by atoms with Crippen molar-refractivity contribution in [2.45, 2.75) is 19.4 Å². The molecule has 9 heteroatoms. The highest BCUT2D eigenvalue weighted by atomic mass is 35.5. The van der Waals surface area contributed by atoms with E-state index in [2.05, 4.69) is 0 Å². The highest BCUT2D eigenvalue weighted by molar-refractivity contribution is 6.36. The van der Waals surface area contributed by atoms with Crippen LogP contribution in [0.15, 0.2) is 54.6 Å². The van der Waals surface area contributed by atoms with Gasteiger partial charge in [-0.25, -0.2) is 5.01 Å². The fraction of sp³-hybridized carbons (Fsp3) is 0.308. The van der Waals surface area contributed by atoms with Crippen LogP contribution in [0.2, 0.25) is 10.0 Å². The van der Waals surface area contributed by atoms with Gasteiger partial charge in [-0.1, -0.05) is 35.4 Å². The van der Waals surface area contributed by atoms with Crippen LogP contribution in [-0.2, 0) is 9.59 Å². The number of rotatable bonds is 6. The maximum atomic E-state index is 13.8. The number of allylic oxidation sites excluding steroid dienone is 2. The van der Waals surface area contributed by atoms with Gasteiger partial charge in [0.25, 0.3) is 17.7 Å². The number of carbonyl (C=O) groups excluding carboxylic acids is 4. The standard InChI is InChI=1S/C26H22Cl2N2O5/c1-13(23(31)14-5-8-18(35-2)9-6-14)29(24(32)19-10-7-17(27)12-20(19)28)30-25(33)21-15-3-4-16(11-15)22(21)26(30)34/h3-10,12-13,15-16,21-22H,11H2,1-2H3/t13-,15+,16+,21+,22+/m1/s1. The third kappa shape index (κ3) is 3.74. The monoisotopic (exact) mass is 512 g/mol. The maximum absolute atomic E-state index is 13.8. The smallest absolute Gasteiger partial charge is 0.275 e. The lowest BCUT2D eigenvalue weighted by Gasteiger charge is -2.35. The molecule has 2 aromatic rings. The molecule has 7 nitrogen and oxygen atoms in total. The first-order valence-electron chi connectivity index (χ1n) is 11.3. The highest BCUT2D eigenvalue weighted by Crippen LogP contribution is 2.53. The lowest BCUT2D eigenvalue weighted by Crippen LogP contribution is -2.57. The zero-order chi connectivity index (χ0) is 25.0. The Morgan fingerprint density at radius 1 is 1.00 bits per heavy atom. The molecular formula is C26H22Cl2N2O5. The Kier molecular flexibility index (Phi) is 5.93. The summed E-state index contributed by atoms with van der Waals surface area (Å²) < 4.78 is 5.15. The van der Waals surface area contributed by atoms with Crippen LogP contribution in [0.1, 0.15) is 34.1 Å². The fourth-order valence-electron chi connectivity index (χ4n) is 5.43. The van der Waals surface area contributed by atoms with Crippen molar-refractivity contribution in [1.82, 2.24) is 10.0 Å². The molecule has 0 spiro atoms. The molecule has 1 saturated heterocycles. The van der Waals surface area contributed by atoms with Gasteiger partial charge in [0.15, 0.2) is 5.78 Å². The number of fused-ring (bicyclic) bond motifs is 5. The van der Waals surface area contributed by atoms with Crippen LogP contribution in [0.4, 0.5) is 0 Å². The summed E-state index contributed by atoms with van der Waals surface area (Å²) in [6, 6.07) is 9.54. The van der Waals surface area contributed by atoms with Gasteiger partial charge in [-0.2, -0.15) is 5.01 Å². The molecule has 2 aromatic carbocycles.